The van der Waals surface area contributed by atoms with Gasteiger partial charge in [0.05, 0.1) is 12.2 Å². The van der Waals surface area contributed by atoms with E-state index in [-0.39, 0.29) is 17.9 Å². The van der Waals surface area contributed by atoms with Crippen LogP contribution in [0.2, 0.25) is 0 Å². The Morgan fingerprint density at radius 1 is 1.38 bits per heavy atom. The smallest absolute Gasteiger partial charge is 0.223 e. The molecule has 132 valence electrons. The van der Waals surface area contributed by atoms with E-state index in [1.807, 2.05) is 18.7 Å². The Labute approximate surface area is 142 Å². The molecule has 0 aromatic carbocycles. The summed E-state index contributed by atoms with van der Waals surface area (Å²) in [5.41, 5.74) is 0.880. The molecule has 3 aliphatic rings. The van der Waals surface area contributed by atoms with E-state index in [9.17, 15) is 9.18 Å². The lowest BCUT2D eigenvalue weighted by Gasteiger charge is -2.22. The van der Waals surface area contributed by atoms with Crippen LogP contribution in [0, 0.1) is 31.6 Å². The Kier molecular flexibility index (Phi) is 4.11. The standard InChI is InChI=1S/C18H26FN3O2/c1-10-11(2)24-17(21-10)9-22-8-13(19)5-14(22)7-20-18(23)16-6-15(16)12-3-4-12/h12-16H,3-9H2,1-2H3,(H,20,23)/t13-,14-,15?,16?/m0/s1. The number of likely N-dealkylation sites (tertiary alicyclic amines) is 1. The number of nitrogens with one attached hydrogen (secondary N) is 1. The summed E-state index contributed by atoms with van der Waals surface area (Å²) in [7, 11) is 0. The number of alkyl halides is 1. The molecule has 1 aliphatic heterocycles. The van der Waals surface area contributed by atoms with Gasteiger partial charge >= 0.3 is 0 Å². The first-order valence-electron chi connectivity index (χ1n) is 9.10. The van der Waals surface area contributed by atoms with Crippen LogP contribution in [0.15, 0.2) is 4.42 Å². The maximum atomic E-state index is 13.9. The highest BCUT2D eigenvalue weighted by atomic mass is 19.1. The van der Waals surface area contributed by atoms with Crippen molar-refractivity contribution in [2.45, 2.75) is 58.3 Å². The molecule has 2 aliphatic carbocycles. The number of oxazole rings is 1. The predicted molar refractivity (Wildman–Crippen MR) is 87.0 cm³/mol. The SMILES string of the molecule is Cc1nc(CN2C[C@@H](F)C[C@H]2CNC(=O)C2CC2C2CC2)oc1C. The molecule has 6 heteroatoms. The Hall–Kier alpha value is -1.43. The molecule has 24 heavy (non-hydrogen) atoms. The zero-order valence-electron chi connectivity index (χ0n) is 14.4. The van der Waals surface area contributed by atoms with Crippen LogP contribution < -0.4 is 5.32 Å². The average Bonchev–Trinajstić information content (AvgIpc) is 3.41. The topological polar surface area (TPSA) is 58.4 Å². The molecular weight excluding hydrogens is 309 g/mol. The van der Waals surface area contributed by atoms with E-state index in [0.717, 1.165) is 23.8 Å². The fraction of sp³-hybridized carbons (Fsp3) is 0.778. The predicted octanol–water partition coefficient (Wildman–Crippen LogP) is 2.37. The summed E-state index contributed by atoms with van der Waals surface area (Å²) in [5.74, 6) is 3.24. The number of carbonyl (C=O) groups is 1. The van der Waals surface area contributed by atoms with Crippen LogP contribution in [0.3, 0.4) is 0 Å². The third-order valence-electron chi connectivity index (χ3n) is 5.80. The van der Waals surface area contributed by atoms with E-state index in [0.29, 0.717) is 37.9 Å². The molecule has 0 bridgehead atoms. The van der Waals surface area contributed by atoms with Gasteiger partial charge < -0.3 is 9.73 Å². The Morgan fingerprint density at radius 2 is 2.17 bits per heavy atom. The second kappa shape index (κ2) is 6.14. The molecule has 4 atom stereocenters. The van der Waals surface area contributed by atoms with Crippen molar-refractivity contribution in [1.82, 2.24) is 15.2 Å². The number of aryl methyl sites for hydroxylation is 2. The highest BCUT2D eigenvalue weighted by molar-refractivity contribution is 5.81. The largest absolute Gasteiger partial charge is 0.444 e. The van der Waals surface area contributed by atoms with Gasteiger partial charge in [0.25, 0.3) is 0 Å². The van der Waals surface area contributed by atoms with Crippen LogP contribution >= 0.6 is 0 Å². The molecule has 0 radical (unpaired) electrons. The van der Waals surface area contributed by atoms with Crippen LogP contribution in [0.1, 0.15) is 43.0 Å². The Bertz CT molecular complexity index is 608. The van der Waals surface area contributed by atoms with Gasteiger partial charge in [-0.25, -0.2) is 9.37 Å². The van der Waals surface area contributed by atoms with Crippen molar-refractivity contribution in [3.8, 4) is 0 Å². The molecule has 1 aromatic rings. The highest BCUT2D eigenvalue weighted by Crippen LogP contribution is 2.54. The van der Waals surface area contributed by atoms with Crippen molar-refractivity contribution in [3.63, 3.8) is 0 Å². The molecule has 1 saturated heterocycles. The van der Waals surface area contributed by atoms with E-state index in [2.05, 4.69) is 10.3 Å². The first-order chi connectivity index (χ1) is 11.5. The van der Waals surface area contributed by atoms with Crippen LogP contribution in [0.25, 0.3) is 0 Å². The van der Waals surface area contributed by atoms with Gasteiger partial charge in [-0.3, -0.25) is 9.69 Å². The first-order valence-corrected chi connectivity index (χ1v) is 9.10. The zero-order valence-corrected chi connectivity index (χ0v) is 14.4. The van der Waals surface area contributed by atoms with Crippen molar-refractivity contribution >= 4 is 5.91 Å². The molecule has 2 unspecified atom stereocenters. The molecule has 1 amide bonds. The van der Waals surface area contributed by atoms with Crippen molar-refractivity contribution in [2.75, 3.05) is 13.1 Å². The van der Waals surface area contributed by atoms with Crippen LogP contribution in [-0.4, -0.2) is 41.1 Å². The summed E-state index contributed by atoms with van der Waals surface area (Å²) in [6.45, 7) is 5.20. The highest BCUT2D eigenvalue weighted by Gasteiger charge is 2.51. The number of rotatable bonds is 6. The molecule has 2 saturated carbocycles. The minimum Gasteiger partial charge on any atom is -0.444 e. The summed E-state index contributed by atoms with van der Waals surface area (Å²) >= 11 is 0. The number of amides is 1. The lowest BCUT2D eigenvalue weighted by molar-refractivity contribution is -0.122. The molecule has 1 N–H and O–H groups in total. The van der Waals surface area contributed by atoms with Crippen molar-refractivity contribution in [1.29, 1.82) is 0 Å². The summed E-state index contributed by atoms with van der Waals surface area (Å²) in [6.07, 6.45) is 3.26. The Balaban J connectivity index is 1.30. The first kappa shape index (κ1) is 16.1. The molecule has 0 spiro atoms. The average molecular weight is 335 g/mol. The van der Waals surface area contributed by atoms with Crippen molar-refractivity contribution in [2.24, 2.45) is 17.8 Å². The van der Waals surface area contributed by atoms with Crippen molar-refractivity contribution in [3.05, 3.63) is 17.3 Å². The van der Waals surface area contributed by atoms with Crippen LogP contribution in [0.5, 0.6) is 0 Å². The second-order valence-electron chi connectivity index (χ2n) is 7.75. The summed E-state index contributed by atoms with van der Waals surface area (Å²) in [6, 6.07) is 0.0228. The fourth-order valence-electron chi connectivity index (χ4n) is 4.02. The van der Waals surface area contributed by atoms with Gasteiger partial charge in [-0.2, -0.15) is 0 Å². The van der Waals surface area contributed by atoms with Crippen molar-refractivity contribution < 1.29 is 13.6 Å². The molecular formula is C18H26FN3O2. The summed E-state index contributed by atoms with van der Waals surface area (Å²) in [4.78, 5) is 18.7. The number of halogens is 1. The lowest BCUT2D eigenvalue weighted by Crippen LogP contribution is -2.40. The maximum Gasteiger partial charge on any atom is 0.223 e. The lowest BCUT2D eigenvalue weighted by atomic mass is 10.2. The minimum absolute atomic E-state index is 0.0228. The molecule has 1 aromatic heterocycles. The quantitative estimate of drug-likeness (QED) is 0.867. The minimum atomic E-state index is -0.843. The monoisotopic (exact) mass is 335 g/mol. The van der Waals surface area contributed by atoms with E-state index in [1.165, 1.54) is 12.8 Å². The van der Waals surface area contributed by atoms with Gasteiger partial charge in [-0.05, 0) is 51.4 Å². The maximum absolute atomic E-state index is 13.9. The number of hydrogen-bond acceptors (Lipinski definition) is 4. The van der Waals surface area contributed by atoms with E-state index >= 15 is 0 Å². The van der Waals surface area contributed by atoms with Crippen LogP contribution in [-0.2, 0) is 11.3 Å². The van der Waals surface area contributed by atoms with Gasteiger partial charge in [0.2, 0.25) is 11.8 Å². The third-order valence-corrected chi connectivity index (χ3v) is 5.80. The zero-order chi connectivity index (χ0) is 16.8. The van der Waals surface area contributed by atoms with Crippen LogP contribution in [0.4, 0.5) is 4.39 Å². The molecule has 3 fully saturated rings. The van der Waals surface area contributed by atoms with Gasteiger partial charge in [0, 0.05) is 25.0 Å². The van der Waals surface area contributed by atoms with Gasteiger partial charge in [0.1, 0.15) is 11.9 Å². The van der Waals surface area contributed by atoms with Gasteiger partial charge in [-0.15, -0.1) is 0 Å². The number of carbonyl (C=O) groups excluding carboxylic acids is 1. The van der Waals surface area contributed by atoms with E-state index in [4.69, 9.17) is 4.42 Å². The molecule has 5 nitrogen and oxygen atoms in total. The number of nitrogens with zero attached hydrogens (tertiary/aromatic N) is 2. The van der Waals surface area contributed by atoms with E-state index < -0.39 is 6.17 Å². The summed E-state index contributed by atoms with van der Waals surface area (Å²) < 4.78 is 19.5. The van der Waals surface area contributed by atoms with Gasteiger partial charge in [-0.1, -0.05) is 0 Å². The molecule has 2 heterocycles. The van der Waals surface area contributed by atoms with Gasteiger partial charge in [0.15, 0.2) is 0 Å². The molecule has 4 rings (SSSR count). The number of hydrogen-bond donors (Lipinski definition) is 1. The second-order valence-corrected chi connectivity index (χ2v) is 7.75. The summed E-state index contributed by atoms with van der Waals surface area (Å²) in [5, 5.41) is 3.05. The fourth-order valence-corrected chi connectivity index (χ4v) is 4.02. The number of aromatic nitrogens is 1. The Morgan fingerprint density at radius 3 is 2.83 bits per heavy atom. The third kappa shape index (κ3) is 3.34. The van der Waals surface area contributed by atoms with E-state index in [1.54, 1.807) is 0 Å². The normalized spacial score (nSPS) is 33.0.